The van der Waals surface area contributed by atoms with Crippen LogP contribution in [-0.2, 0) is 6.42 Å². The highest BCUT2D eigenvalue weighted by Gasteiger charge is 2.32. The Morgan fingerprint density at radius 2 is 1.79 bits per heavy atom. The number of nitrogens with two attached hydrogens (primary N) is 1. The van der Waals surface area contributed by atoms with Crippen LogP contribution in [0, 0.1) is 5.92 Å². The largest absolute Gasteiger partial charge is 0.325 e. The summed E-state index contributed by atoms with van der Waals surface area (Å²) in [5.41, 5.74) is 7.46. The highest BCUT2D eigenvalue weighted by atomic mass is 35.5. The molecule has 0 heterocycles. The van der Waals surface area contributed by atoms with Crippen molar-refractivity contribution in [2.24, 2.45) is 11.7 Å². The van der Waals surface area contributed by atoms with Gasteiger partial charge in [0.15, 0.2) is 0 Å². The highest BCUT2D eigenvalue weighted by Crippen LogP contribution is 2.37. The Hall–Kier alpha value is -0.240. The summed E-state index contributed by atoms with van der Waals surface area (Å²) in [5, 5.41) is 1.49. The van der Waals surface area contributed by atoms with Crippen molar-refractivity contribution < 1.29 is 0 Å². The molecule has 1 fully saturated rings. The number of benzene rings is 1. The zero-order valence-corrected chi connectivity index (χ0v) is 13.1. The van der Waals surface area contributed by atoms with Gasteiger partial charge in [0.2, 0.25) is 0 Å². The Bertz CT molecular complexity index is 403. The molecule has 2 N–H and O–H groups in total. The SMILES string of the molecule is CCCC1CCC(N)(Cc2c(Cl)cccc2Cl)CC1. The molecule has 0 spiro atoms. The molecule has 3 heteroatoms. The summed E-state index contributed by atoms with van der Waals surface area (Å²) in [6, 6.07) is 5.68. The molecule has 1 aromatic carbocycles. The minimum absolute atomic E-state index is 0.126. The number of rotatable bonds is 4. The minimum atomic E-state index is -0.126. The first kappa shape index (κ1) is 15.2. The van der Waals surface area contributed by atoms with E-state index in [9.17, 15) is 0 Å². The maximum absolute atomic E-state index is 6.57. The molecule has 0 aliphatic heterocycles. The van der Waals surface area contributed by atoms with Crippen molar-refractivity contribution in [1.29, 1.82) is 0 Å². The van der Waals surface area contributed by atoms with Gasteiger partial charge >= 0.3 is 0 Å². The van der Waals surface area contributed by atoms with E-state index in [-0.39, 0.29) is 5.54 Å². The van der Waals surface area contributed by atoms with Crippen molar-refractivity contribution >= 4 is 23.2 Å². The number of hydrogen-bond donors (Lipinski definition) is 1. The van der Waals surface area contributed by atoms with Crippen LogP contribution in [0.3, 0.4) is 0 Å². The third-order valence-corrected chi connectivity index (χ3v) is 5.10. The lowest BCUT2D eigenvalue weighted by molar-refractivity contribution is 0.223. The molecule has 0 unspecified atom stereocenters. The Kier molecular flexibility index (Phi) is 5.16. The van der Waals surface area contributed by atoms with Gasteiger partial charge < -0.3 is 5.73 Å². The molecular weight excluding hydrogens is 277 g/mol. The standard InChI is InChI=1S/C16H23Cl2N/c1-2-4-12-7-9-16(19,10-8-12)11-13-14(17)5-3-6-15(13)18/h3,5-6,12H,2,4,7-11,19H2,1H3. The van der Waals surface area contributed by atoms with Crippen LogP contribution in [0.5, 0.6) is 0 Å². The van der Waals surface area contributed by atoms with Gasteiger partial charge in [0.1, 0.15) is 0 Å². The van der Waals surface area contributed by atoms with Crippen LogP contribution in [0.15, 0.2) is 18.2 Å². The zero-order valence-electron chi connectivity index (χ0n) is 11.6. The van der Waals surface area contributed by atoms with E-state index in [0.717, 1.165) is 40.8 Å². The van der Waals surface area contributed by atoms with Crippen molar-refractivity contribution in [2.45, 2.75) is 57.4 Å². The van der Waals surface area contributed by atoms with Crippen molar-refractivity contribution in [3.05, 3.63) is 33.8 Å². The predicted octanol–water partition coefficient (Wildman–Crippen LogP) is 5.22. The molecule has 0 saturated heterocycles. The Morgan fingerprint density at radius 1 is 1.21 bits per heavy atom. The maximum Gasteiger partial charge on any atom is 0.0453 e. The lowest BCUT2D eigenvalue weighted by Gasteiger charge is -2.37. The molecule has 1 nitrogen and oxygen atoms in total. The van der Waals surface area contributed by atoms with Gasteiger partial charge in [-0.15, -0.1) is 0 Å². The maximum atomic E-state index is 6.57. The van der Waals surface area contributed by atoms with E-state index in [0.29, 0.717) is 0 Å². The topological polar surface area (TPSA) is 26.0 Å². The van der Waals surface area contributed by atoms with Crippen LogP contribution in [0.25, 0.3) is 0 Å². The van der Waals surface area contributed by atoms with Crippen LogP contribution < -0.4 is 5.73 Å². The summed E-state index contributed by atoms with van der Waals surface area (Å²) in [6.45, 7) is 2.26. The lowest BCUT2D eigenvalue weighted by atomic mass is 9.73. The van der Waals surface area contributed by atoms with Crippen molar-refractivity contribution in [2.75, 3.05) is 0 Å². The third kappa shape index (κ3) is 3.87. The van der Waals surface area contributed by atoms with E-state index in [4.69, 9.17) is 28.9 Å². The third-order valence-electron chi connectivity index (χ3n) is 4.39. The Labute approximate surface area is 126 Å². The monoisotopic (exact) mass is 299 g/mol. The first-order valence-electron chi connectivity index (χ1n) is 7.26. The van der Waals surface area contributed by atoms with E-state index in [1.807, 2.05) is 18.2 Å². The van der Waals surface area contributed by atoms with Gasteiger partial charge in [0.05, 0.1) is 0 Å². The molecule has 106 valence electrons. The van der Waals surface area contributed by atoms with E-state index in [1.54, 1.807) is 0 Å². The molecule has 0 bridgehead atoms. The molecule has 19 heavy (non-hydrogen) atoms. The normalized spacial score (nSPS) is 27.5. The predicted molar refractivity (Wildman–Crippen MR) is 84.0 cm³/mol. The van der Waals surface area contributed by atoms with Gasteiger partial charge in [-0.3, -0.25) is 0 Å². The summed E-state index contributed by atoms with van der Waals surface area (Å²) < 4.78 is 0. The van der Waals surface area contributed by atoms with Crippen molar-refractivity contribution in [3.63, 3.8) is 0 Å². The van der Waals surface area contributed by atoms with Gasteiger partial charge in [-0.25, -0.2) is 0 Å². The fourth-order valence-electron chi connectivity index (χ4n) is 3.18. The number of hydrogen-bond acceptors (Lipinski definition) is 1. The van der Waals surface area contributed by atoms with Gasteiger partial charge in [-0.1, -0.05) is 49.0 Å². The molecule has 1 saturated carbocycles. The lowest BCUT2D eigenvalue weighted by Crippen LogP contribution is -2.45. The average molecular weight is 300 g/mol. The molecule has 0 aromatic heterocycles. The van der Waals surface area contributed by atoms with Gasteiger partial charge in [0.25, 0.3) is 0 Å². The molecule has 1 aromatic rings. The molecule has 0 atom stereocenters. The summed E-state index contributed by atoms with van der Waals surface area (Å²) in [6.07, 6.45) is 8.06. The fraction of sp³-hybridized carbons (Fsp3) is 0.625. The molecule has 2 rings (SSSR count). The van der Waals surface area contributed by atoms with Gasteiger partial charge in [-0.2, -0.15) is 0 Å². The second-order valence-corrected chi connectivity index (χ2v) is 6.79. The second kappa shape index (κ2) is 6.47. The molecule has 1 aliphatic carbocycles. The first-order chi connectivity index (χ1) is 9.04. The van der Waals surface area contributed by atoms with E-state index in [2.05, 4.69) is 6.92 Å². The summed E-state index contributed by atoms with van der Waals surface area (Å²) >= 11 is 12.5. The molecular formula is C16H23Cl2N. The van der Waals surface area contributed by atoms with Crippen LogP contribution in [0.4, 0.5) is 0 Å². The van der Waals surface area contributed by atoms with E-state index >= 15 is 0 Å². The molecule has 0 radical (unpaired) electrons. The zero-order chi connectivity index (χ0) is 13.9. The van der Waals surface area contributed by atoms with Crippen LogP contribution in [0.1, 0.15) is 51.0 Å². The smallest absolute Gasteiger partial charge is 0.0453 e. The Balaban J connectivity index is 2.03. The summed E-state index contributed by atoms with van der Waals surface area (Å²) in [5.74, 6) is 0.864. The van der Waals surface area contributed by atoms with Gasteiger partial charge in [0, 0.05) is 15.6 Å². The van der Waals surface area contributed by atoms with E-state index < -0.39 is 0 Å². The molecule has 1 aliphatic rings. The van der Waals surface area contributed by atoms with Gasteiger partial charge in [-0.05, 0) is 55.7 Å². The van der Waals surface area contributed by atoms with Crippen LogP contribution in [-0.4, -0.2) is 5.54 Å². The fourth-order valence-corrected chi connectivity index (χ4v) is 3.71. The summed E-state index contributed by atoms with van der Waals surface area (Å²) in [7, 11) is 0. The minimum Gasteiger partial charge on any atom is -0.325 e. The highest BCUT2D eigenvalue weighted by molar-refractivity contribution is 6.36. The first-order valence-corrected chi connectivity index (χ1v) is 8.01. The molecule has 0 amide bonds. The van der Waals surface area contributed by atoms with Crippen molar-refractivity contribution in [1.82, 2.24) is 0 Å². The number of halogens is 2. The van der Waals surface area contributed by atoms with Crippen molar-refractivity contribution in [3.8, 4) is 0 Å². The van der Waals surface area contributed by atoms with Crippen LogP contribution >= 0.6 is 23.2 Å². The Morgan fingerprint density at radius 3 is 2.32 bits per heavy atom. The summed E-state index contributed by atoms with van der Waals surface area (Å²) in [4.78, 5) is 0. The van der Waals surface area contributed by atoms with E-state index in [1.165, 1.54) is 25.7 Å². The quantitative estimate of drug-likeness (QED) is 0.810. The van der Waals surface area contributed by atoms with Crippen LogP contribution in [0.2, 0.25) is 10.0 Å². The average Bonchev–Trinajstić information content (AvgIpc) is 2.38. The second-order valence-electron chi connectivity index (χ2n) is 5.97.